The van der Waals surface area contributed by atoms with Crippen molar-refractivity contribution >= 4 is 0 Å². The number of ether oxygens (including phenoxy) is 2. The minimum absolute atomic E-state index is 0.648. The van der Waals surface area contributed by atoms with Gasteiger partial charge in [0.2, 0.25) is 5.79 Å². The van der Waals surface area contributed by atoms with Crippen molar-refractivity contribution in [3.8, 4) is 0 Å². The van der Waals surface area contributed by atoms with Gasteiger partial charge >= 0.3 is 0 Å². The molecule has 2 nitrogen and oxygen atoms in total. The second-order valence-corrected chi connectivity index (χ2v) is 5.73. The number of rotatable bonds is 2. The Morgan fingerprint density at radius 3 is 1.62 bits per heavy atom. The molecule has 2 heteroatoms. The van der Waals surface area contributed by atoms with Crippen LogP contribution in [0.5, 0.6) is 0 Å². The molecule has 0 radical (unpaired) electrons. The summed E-state index contributed by atoms with van der Waals surface area (Å²) in [6.07, 6.45) is 2.15. The fourth-order valence-corrected chi connectivity index (χ4v) is 2.81. The summed E-state index contributed by atoms with van der Waals surface area (Å²) >= 11 is 0. The van der Waals surface area contributed by atoms with Gasteiger partial charge in [-0.15, -0.1) is 0 Å². The van der Waals surface area contributed by atoms with Gasteiger partial charge in [0.15, 0.2) is 0 Å². The van der Waals surface area contributed by atoms with Crippen LogP contribution in [0.2, 0.25) is 0 Å². The Bertz CT molecular complexity index is 499. The first-order valence-electron chi connectivity index (χ1n) is 7.70. The maximum Gasteiger partial charge on any atom is 0.222 e. The van der Waals surface area contributed by atoms with E-state index in [0.717, 1.165) is 24.0 Å². The zero-order valence-corrected chi connectivity index (χ0v) is 12.5. The van der Waals surface area contributed by atoms with Crippen LogP contribution in [0.1, 0.15) is 30.9 Å². The Morgan fingerprint density at radius 2 is 1.19 bits per heavy atom. The summed E-state index contributed by atoms with van der Waals surface area (Å²) in [6.45, 7) is 3.68. The van der Waals surface area contributed by atoms with Crippen molar-refractivity contribution in [3.63, 3.8) is 0 Å². The summed E-state index contributed by atoms with van der Waals surface area (Å²) in [4.78, 5) is 0. The molecule has 1 aliphatic heterocycles. The van der Waals surface area contributed by atoms with E-state index in [4.69, 9.17) is 9.47 Å². The summed E-state index contributed by atoms with van der Waals surface area (Å²) in [7, 11) is 0. The van der Waals surface area contributed by atoms with Gasteiger partial charge in [-0.1, -0.05) is 67.6 Å². The largest absolute Gasteiger partial charge is 0.342 e. The molecule has 0 unspecified atom stereocenters. The van der Waals surface area contributed by atoms with Crippen LogP contribution in [0.15, 0.2) is 60.7 Å². The van der Waals surface area contributed by atoms with Gasteiger partial charge in [0.05, 0.1) is 13.2 Å². The summed E-state index contributed by atoms with van der Waals surface area (Å²) < 4.78 is 12.6. The van der Waals surface area contributed by atoms with Crippen LogP contribution < -0.4 is 0 Å². The quantitative estimate of drug-likeness (QED) is 0.815. The lowest BCUT2D eigenvalue weighted by molar-refractivity contribution is -0.229. The molecule has 0 spiro atoms. The van der Waals surface area contributed by atoms with E-state index in [1.165, 1.54) is 0 Å². The highest BCUT2D eigenvalue weighted by Gasteiger charge is 2.37. The van der Waals surface area contributed by atoms with Crippen LogP contribution in [-0.4, -0.2) is 13.2 Å². The molecule has 1 aliphatic rings. The van der Waals surface area contributed by atoms with Gasteiger partial charge in [-0.25, -0.2) is 0 Å². The fraction of sp³-hybridized carbons (Fsp3) is 0.368. The lowest BCUT2D eigenvalue weighted by atomic mass is 9.95. The van der Waals surface area contributed by atoms with Gasteiger partial charge in [-0.3, -0.25) is 0 Å². The van der Waals surface area contributed by atoms with Crippen LogP contribution in [0.4, 0.5) is 0 Å². The molecule has 110 valence electrons. The molecule has 0 aromatic heterocycles. The molecule has 1 saturated heterocycles. The average molecular weight is 282 g/mol. The smallest absolute Gasteiger partial charge is 0.222 e. The van der Waals surface area contributed by atoms with E-state index in [1.807, 2.05) is 36.4 Å². The SMILES string of the molecule is CC1CCOC(c2ccccc2)(c2ccccc2)OCC1. The molecule has 0 atom stereocenters. The zero-order valence-electron chi connectivity index (χ0n) is 12.5. The molecule has 0 N–H and O–H groups in total. The van der Waals surface area contributed by atoms with Crippen LogP contribution >= 0.6 is 0 Å². The monoisotopic (exact) mass is 282 g/mol. The minimum Gasteiger partial charge on any atom is -0.342 e. The molecule has 2 aromatic carbocycles. The Kier molecular flexibility index (Phi) is 4.37. The first kappa shape index (κ1) is 14.3. The molecule has 21 heavy (non-hydrogen) atoms. The standard InChI is InChI=1S/C19H22O2/c1-16-12-14-20-19(21-15-13-16,17-8-4-2-5-9-17)18-10-6-3-7-11-18/h2-11,16H,12-15H2,1H3. The molecule has 0 saturated carbocycles. The van der Waals surface area contributed by atoms with Crippen LogP contribution in [0.25, 0.3) is 0 Å². The predicted molar refractivity (Wildman–Crippen MR) is 84.0 cm³/mol. The van der Waals surface area contributed by atoms with Crippen molar-refractivity contribution in [3.05, 3.63) is 71.8 Å². The Morgan fingerprint density at radius 1 is 0.762 bits per heavy atom. The van der Waals surface area contributed by atoms with E-state index >= 15 is 0 Å². The summed E-state index contributed by atoms with van der Waals surface area (Å²) in [5.74, 6) is -0.127. The van der Waals surface area contributed by atoms with Crippen molar-refractivity contribution in [1.29, 1.82) is 0 Å². The van der Waals surface area contributed by atoms with Gasteiger partial charge in [0.25, 0.3) is 0 Å². The number of benzene rings is 2. The molecular formula is C19H22O2. The molecule has 0 aliphatic carbocycles. The van der Waals surface area contributed by atoms with Gasteiger partial charge in [0, 0.05) is 11.1 Å². The Labute approximate surface area is 126 Å². The normalized spacial score (nSPS) is 19.7. The van der Waals surface area contributed by atoms with E-state index < -0.39 is 5.79 Å². The maximum atomic E-state index is 6.29. The lowest BCUT2D eigenvalue weighted by Gasteiger charge is -2.37. The van der Waals surface area contributed by atoms with Gasteiger partial charge in [0.1, 0.15) is 0 Å². The fourth-order valence-electron chi connectivity index (χ4n) is 2.81. The predicted octanol–water partition coefficient (Wildman–Crippen LogP) is 4.35. The Hall–Kier alpha value is -1.64. The third-order valence-corrected chi connectivity index (χ3v) is 4.14. The van der Waals surface area contributed by atoms with Crippen LogP contribution in [0.3, 0.4) is 0 Å². The highest BCUT2D eigenvalue weighted by molar-refractivity contribution is 5.33. The molecule has 3 rings (SSSR count). The van der Waals surface area contributed by atoms with E-state index in [-0.39, 0.29) is 0 Å². The van der Waals surface area contributed by atoms with Crippen LogP contribution in [-0.2, 0) is 15.3 Å². The molecule has 2 aromatic rings. The van der Waals surface area contributed by atoms with Crippen molar-refractivity contribution in [1.82, 2.24) is 0 Å². The molecule has 1 fully saturated rings. The minimum atomic E-state index is -0.775. The third kappa shape index (κ3) is 3.02. The van der Waals surface area contributed by atoms with Crippen LogP contribution in [0, 0.1) is 5.92 Å². The number of hydrogen-bond acceptors (Lipinski definition) is 2. The van der Waals surface area contributed by atoms with E-state index in [9.17, 15) is 0 Å². The van der Waals surface area contributed by atoms with E-state index in [1.54, 1.807) is 0 Å². The highest BCUT2D eigenvalue weighted by Crippen LogP contribution is 2.37. The van der Waals surface area contributed by atoms with Crippen molar-refractivity contribution in [2.45, 2.75) is 25.6 Å². The average Bonchev–Trinajstić information content (AvgIpc) is 2.53. The molecule has 0 bridgehead atoms. The van der Waals surface area contributed by atoms with Crippen molar-refractivity contribution < 1.29 is 9.47 Å². The first-order valence-corrected chi connectivity index (χ1v) is 7.70. The van der Waals surface area contributed by atoms with Gasteiger partial charge in [-0.05, 0) is 18.8 Å². The van der Waals surface area contributed by atoms with Gasteiger partial charge in [-0.2, -0.15) is 0 Å². The second kappa shape index (κ2) is 6.42. The zero-order chi connectivity index (χ0) is 14.5. The topological polar surface area (TPSA) is 18.5 Å². The van der Waals surface area contributed by atoms with E-state index in [0.29, 0.717) is 19.1 Å². The second-order valence-electron chi connectivity index (χ2n) is 5.73. The molecule has 0 amide bonds. The summed E-state index contributed by atoms with van der Waals surface area (Å²) in [5.41, 5.74) is 2.12. The van der Waals surface area contributed by atoms with Crippen molar-refractivity contribution in [2.24, 2.45) is 5.92 Å². The van der Waals surface area contributed by atoms with Crippen molar-refractivity contribution in [2.75, 3.05) is 13.2 Å². The molecule has 1 heterocycles. The number of hydrogen-bond donors (Lipinski definition) is 0. The lowest BCUT2D eigenvalue weighted by Crippen LogP contribution is -2.37. The van der Waals surface area contributed by atoms with Gasteiger partial charge < -0.3 is 9.47 Å². The summed E-state index contributed by atoms with van der Waals surface area (Å²) in [5, 5.41) is 0. The highest BCUT2D eigenvalue weighted by atomic mass is 16.7. The van der Waals surface area contributed by atoms with E-state index in [2.05, 4.69) is 31.2 Å². The molecular weight excluding hydrogens is 260 g/mol. The third-order valence-electron chi connectivity index (χ3n) is 4.14. The first-order chi connectivity index (χ1) is 10.3. The Balaban J connectivity index is 2.02. The maximum absolute atomic E-state index is 6.29. The summed E-state index contributed by atoms with van der Waals surface area (Å²) in [6, 6.07) is 20.5.